The van der Waals surface area contributed by atoms with Crippen LogP contribution in [-0.2, 0) is 23.8 Å². The Balaban J connectivity index is 2.57. The summed E-state index contributed by atoms with van der Waals surface area (Å²) in [5, 5.41) is 19.2. The largest absolute Gasteiger partial charge is 0.463 e. The molecule has 2 N–H and O–H groups in total. The molecule has 0 bridgehead atoms. The van der Waals surface area contributed by atoms with Gasteiger partial charge in [-0.2, -0.15) is 0 Å². The van der Waals surface area contributed by atoms with E-state index in [-0.39, 0.29) is 13.0 Å². The topological polar surface area (TPSA) is 102 Å². The van der Waals surface area contributed by atoms with Gasteiger partial charge in [0.1, 0.15) is 24.9 Å². The van der Waals surface area contributed by atoms with E-state index in [0.29, 0.717) is 0 Å². The van der Waals surface area contributed by atoms with Gasteiger partial charge in [0, 0.05) is 20.3 Å². The van der Waals surface area contributed by atoms with Crippen molar-refractivity contribution in [2.45, 2.75) is 44.9 Å². The average molecular weight is 248 g/mol. The number of carbonyl (C=O) groups is 2. The molecule has 1 rings (SSSR count). The lowest BCUT2D eigenvalue weighted by Gasteiger charge is -2.36. The van der Waals surface area contributed by atoms with Gasteiger partial charge in [-0.1, -0.05) is 0 Å². The van der Waals surface area contributed by atoms with Gasteiger partial charge in [0.05, 0.1) is 0 Å². The van der Waals surface area contributed by atoms with Crippen LogP contribution in [0.1, 0.15) is 20.3 Å². The van der Waals surface area contributed by atoms with Gasteiger partial charge in [-0.25, -0.2) is 0 Å². The summed E-state index contributed by atoms with van der Waals surface area (Å²) in [5.41, 5.74) is 0. The van der Waals surface area contributed by atoms with Gasteiger partial charge in [0.15, 0.2) is 6.29 Å². The summed E-state index contributed by atoms with van der Waals surface area (Å²) in [4.78, 5) is 21.4. The van der Waals surface area contributed by atoms with Gasteiger partial charge >= 0.3 is 11.9 Å². The van der Waals surface area contributed by atoms with Crippen LogP contribution in [0.2, 0.25) is 0 Å². The molecule has 0 aliphatic carbocycles. The zero-order valence-electron chi connectivity index (χ0n) is 9.66. The highest BCUT2D eigenvalue weighted by molar-refractivity contribution is 5.66. The highest BCUT2D eigenvalue weighted by Gasteiger charge is 2.39. The molecule has 1 aliphatic heterocycles. The Labute approximate surface area is 98.3 Å². The molecule has 98 valence electrons. The normalized spacial score (nSPS) is 32.9. The summed E-state index contributed by atoms with van der Waals surface area (Å²) in [5.74, 6) is -1.08. The van der Waals surface area contributed by atoms with E-state index in [2.05, 4.69) is 4.74 Å². The van der Waals surface area contributed by atoms with Gasteiger partial charge in [0.25, 0.3) is 0 Å². The second-order valence-electron chi connectivity index (χ2n) is 3.81. The van der Waals surface area contributed by atoms with Crippen molar-refractivity contribution in [1.29, 1.82) is 0 Å². The van der Waals surface area contributed by atoms with E-state index in [0.717, 1.165) is 0 Å². The molecule has 7 nitrogen and oxygen atoms in total. The van der Waals surface area contributed by atoms with Crippen molar-refractivity contribution >= 4 is 11.9 Å². The second kappa shape index (κ2) is 5.95. The zero-order valence-corrected chi connectivity index (χ0v) is 9.66. The van der Waals surface area contributed by atoms with Gasteiger partial charge in [-0.3, -0.25) is 9.59 Å². The molecule has 1 saturated heterocycles. The highest BCUT2D eigenvalue weighted by Crippen LogP contribution is 2.22. The molecule has 1 unspecified atom stereocenters. The van der Waals surface area contributed by atoms with Gasteiger partial charge in [-0.05, 0) is 0 Å². The maximum atomic E-state index is 10.8. The lowest BCUT2D eigenvalue weighted by molar-refractivity contribution is -0.247. The predicted octanol–water partition coefficient (Wildman–Crippen LogP) is -1.05. The molecule has 1 heterocycles. The third kappa shape index (κ3) is 4.29. The third-order valence-corrected chi connectivity index (χ3v) is 2.30. The summed E-state index contributed by atoms with van der Waals surface area (Å²) >= 11 is 0. The molecule has 7 heteroatoms. The Morgan fingerprint density at radius 2 is 1.94 bits per heavy atom. The molecule has 0 spiro atoms. The number of rotatable bonds is 3. The standard InChI is InChI=1S/C10H16O7/c1-5(11)15-4-8-10(14)7(16-6(2)12)3-9(13)17-8/h7-10,13-14H,3-4H2,1-2H3/t7-,8-,9?,10+/m1/s1. The second-order valence-corrected chi connectivity index (χ2v) is 3.81. The van der Waals surface area contributed by atoms with E-state index >= 15 is 0 Å². The molecule has 0 saturated carbocycles. The van der Waals surface area contributed by atoms with Gasteiger partial charge in [-0.15, -0.1) is 0 Å². The van der Waals surface area contributed by atoms with E-state index in [1.54, 1.807) is 0 Å². The maximum Gasteiger partial charge on any atom is 0.302 e. The Morgan fingerprint density at radius 3 is 2.47 bits per heavy atom. The number of carbonyl (C=O) groups excluding carboxylic acids is 2. The molecule has 0 aromatic heterocycles. The predicted molar refractivity (Wildman–Crippen MR) is 53.7 cm³/mol. The number of hydrogen-bond acceptors (Lipinski definition) is 7. The SMILES string of the molecule is CC(=O)OC[C@H]1OC(O)C[C@@H](OC(C)=O)[C@@H]1O. The first kappa shape index (κ1) is 13.9. The number of aliphatic hydroxyl groups excluding tert-OH is 2. The smallest absolute Gasteiger partial charge is 0.302 e. The summed E-state index contributed by atoms with van der Waals surface area (Å²) in [7, 11) is 0. The average Bonchev–Trinajstić information content (AvgIpc) is 2.19. The van der Waals surface area contributed by atoms with Crippen molar-refractivity contribution in [2.75, 3.05) is 6.61 Å². The number of esters is 2. The lowest BCUT2D eigenvalue weighted by Crippen LogP contribution is -2.51. The van der Waals surface area contributed by atoms with Crippen molar-refractivity contribution in [3.8, 4) is 0 Å². The molecule has 0 aromatic rings. The third-order valence-electron chi connectivity index (χ3n) is 2.30. The first-order valence-electron chi connectivity index (χ1n) is 5.22. The van der Waals surface area contributed by atoms with Crippen LogP contribution < -0.4 is 0 Å². The van der Waals surface area contributed by atoms with Crippen LogP contribution >= 0.6 is 0 Å². The molecule has 17 heavy (non-hydrogen) atoms. The zero-order chi connectivity index (χ0) is 13.0. The lowest BCUT2D eigenvalue weighted by atomic mass is 10.0. The molecule has 0 radical (unpaired) electrons. The Hall–Kier alpha value is -1.18. The molecule has 1 aliphatic rings. The summed E-state index contributed by atoms with van der Waals surface area (Å²) in [6.45, 7) is 2.22. The Bertz CT molecular complexity index is 290. The summed E-state index contributed by atoms with van der Waals surface area (Å²) in [6.07, 6.45) is -4.09. The molecular formula is C10H16O7. The van der Waals surface area contributed by atoms with Crippen LogP contribution in [0.15, 0.2) is 0 Å². The van der Waals surface area contributed by atoms with Crippen LogP contribution in [0.4, 0.5) is 0 Å². The van der Waals surface area contributed by atoms with E-state index in [9.17, 15) is 19.8 Å². The van der Waals surface area contributed by atoms with Crippen molar-refractivity contribution in [3.63, 3.8) is 0 Å². The first-order chi connectivity index (χ1) is 7.90. The number of ether oxygens (including phenoxy) is 3. The van der Waals surface area contributed by atoms with Crippen LogP contribution in [0, 0.1) is 0 Å². The minimum atomic E-state index is -1.16. The van der Waals surface area contributed by atoms with E-state index in [4.69, 9.17) is 9.47 Å². The molecule has 0 aromatic carbocycles. The first-order valence-corrected chi connectivity index (χ1v) is 5.22. The van der Waals surface area contributed by atoms with E-state index in [1.807, 2.05) is 0 Å². The van der Waals surface area contributed by atoms with Crippen molar-refractivity contribution < 1.29 is 34.0 Å². The Kier molecular flexibility index (Phi) is 4.86. The van der Waals surface area contributed by atoms with Gasteiger partial charge < -0.3 is 24.4 Å². The highest BCUT2D eigenvalue weighted by atomic mass is 16.6. The van der Waals surface area contributed by atoms with Crippen LogP contribution in [0.3, 0.4) is 0 Å². The van der Waals surface area contributed by atoms with E-state index < -0.39 is 36.5 Å². The monoisotopic (exact) mass is 248 g/mol. The Morgan fingerprint density at radius 1 is 1.29 bits per heavy atom. The molecule has 4 atom stereocenters. The molecular weight excluding hydrogens is 232 g/mol. The van der Waals surface area contributed by atoms with Crippen molar-refractivity contribution in [1.82, 2.24) is 0 Å². The molecule has 1 fully saturated rings. The molecule has 0 amide bonds. The minimum Gasteiger partial charge on any atom is -0.463 e. The fourth-order valence-electron chi connectivity index (χ4n) is 1.58. The summed E-state index contributed by atoms with van der Waals surface area (Å²) < 4.78 is 14.5. The van der Waals surface area contributed by atoms with Crippen molar-refractivity contribution in [2.24, 2.45) is 0 Å². The van der Waals surface area contributed by atoms with Crippen LogP contribution in [-0.4, -0.2) is 53.4 Å². The van der Waals surface area contributed by atoms with Crippen LogP contribution in [0.25, 0.3) is 0 Å². The van der Waals surface area contributed by atoms with Gasteiger partial charge in [0.2, 0.25) is 0 Å². The minimum absolute atomic E-state index is 0.0165. The number of hydrogen-bond donors (Lipinski definition) is 2. The fourth-order valence-corrected chi connectivity index (χ4v) is 1.58. The summed E-state index contributed by atoms with van der Waals surface area (Å²) in [6, 6.07) is 0. The van der Waals surface area contributed by atoms with E-state index in [1.165, 1.54) is 13.8 Å². The quantitative estimate of drug-likeness (QED) is 0.614. The maximum absolute atomic E-state index is 10.8. The number of aliphatic hydroxyl groups is 2. The van der Waals surface area contributed by atoms with Crippen molar-refractivity contribution in [3.05, 3.63) is 0 Å². The van der Waals surface area contributed by atoms with Crippen LogP contribution in [0.5, 0.6) is 0 Å². The fraction of sp³-hybridized carbons (Fsp3) is 0.800.